The first-order chi connectivity index (χ1) is 10.1. The fourth-order valence-corrected chi connectivity index (χ4v) is 2.79. The third-order valence-electron chi connectivity index (χ3n) is 3.68. The van der Waals surface area contributed by atoms with Crippen LogP contribution in [0.4, 0.5) is 0 Å². The van der Waals surface area contributed by atoms with Gasteiger partial charge in [-0.1, -0.05) is 19.1 Å². The maximum Gasteiger partial charge on any atom is 0.258 e. The van der Waals surface area contributed by atoms with Crippen molar-refractivity contribution >= 4 is 5.91 Å². The molecule has 0 aliphatic heterocycles. The highest BCUT2D eigenvalue weighted by Crippen LogP contribution is 2.36. The average molecular weight is 290 g/mol. The summed E-state index contributed by atoms with van der Waals surface area (Å²) in [5.41, 5.74) is 2.58. The number of hydrogen-bond acceptors (Lipinski definition) is 3. The van der Waals surface area contributed by atoms with Crippen molar-refractivity contribution < 1.29 is 9.53 Å². The zero-order valence-corrected chi connectivity index (χ0v) is 13.2. The zero-order valence-electron chi connectivity index (χ0n) is 13.2. The summed E-state index contributed by atoms with van der Waals surface area (Å²) < 4.78 is 5.72. The summed E-state index contributed by atoms with van der Waals surface area (Å²) >= 11 is 0. The molecule has 4 heteroatoms. The Morgan fingerprint density at radius 3 is 2.95 bits per heavy atom. The van der Waals surface area contributed by atoms with Crippen molar-refractivity contribution in [3.8, 4) is 5.75 Å². The van der Waals surface area contributed by atoms with Gasteiger partial charge in [-0.25, -0.2) is 0 Å². The Morgan fingerprint density at radius 2 is 2.24 bits per heavy atom. The number of fused-ring (bicyclic) bond motifs is 1. The minimum Gasteiger partial charge on any atom is -0.483 e. The average Bonchev–Trinajstić information content (AvgIpc) is 2.86. The molecule has 0 bridgehead atoms. The Bertz CT molecular complexity index is 486. The third-order valence-corrected chi connectivity index (χ3v) is 3.68. The van der Waals surface area contributed by atoms with E-state index in [2.05, 4.69) is 23.6 Å². The lowest BCUT2D eigenvalue weighted by molar-refractivity contribution is -0.123. The monoisotopic (exact) mass is 290 g/mol. The molecule has 1 aromatic rings. The number of benzene rings is 1. The molecule has 0 heterocycles. The smallest absolute Gasteiger partial charge is 0.258 e. The van der Waals surface area contributed by atoms with E-state index in [1.807, 2.05) is 26.0 Å². The molecule has 116 valence electrons. The molecule has 0 fully saturated rings. The molecule has 1 aliphatic carbocycles. The number of hydrogen-bond donors (Lipinski definition) is 2. The van der Waals surface area contributed by atoms with Crippen molar-refractivity contribution in [1.29, 1.82) is 0 Å². The van der Waals surface area contributed by atoms with Crippen LogP contribution in [0.1, 0.15) is 50.8 Å². The van der Waals surface area contributed by atoms with Crippen LogP contribution < -0.4 is 15.4 Å². The highest BCUT2D eigenvalue weighted by atomic mass is 16.5. The van der Waals surface area contributed by atoms with Gasteiger partial charge in [-0.2, -0.15) is 0 Å². The molecule has 1 atom stereocenters. The predicted molar refractivity (Wildman–Crippen MR) is 84.6 cm³/mol. The van der Waals surface area contributed by atoms with Gasteiger partial charge in [0.25, 0.3) is 5.91 Å². The van der Waals surface area contributed by atoms with Crippen LogP contribution in [0, 0.1) is 0 Å². The molecule has 1 aliphatic rings. The lowest BCUT2D eigenvalue weighted by Crippen LogP contribution is -2.34. The second kappa shape index (κ2) is 7.46. The van der Waals surface area contributed by atoms with E-state index < -0.39 is 0 Å². The molecule has 0 aromatic heterocycles. The normalized spacial score (nSPS) is 16.9. The quantitative estimate of drug-likeness (QED) is 0.811. The van der Waals surface area contributed by atoms with Crippen LogP contribution >= 0.6 is 0 Å². The second-order valence-corrected chi connectivity index (χ2v) is 5.88. The van der Waals surface area contributed by atoms with Crippen LogP contribution in [0.3, 0.4) is 0 Å². The van der Waals surface area contributed by atoms with Gasteiger partial charge < -0.3 is 15.4 Å². The fraction of sp³-hybridized carbons (Fsp3) is 0.588. The molecule has 1 amide bonds. The fourth-order valence-electron chi connectivity index (χ4n) is 2.79. The Kier molecular flexibility index (Phi) is 5.62. The van der Waals surface area contributed by atoms with Crippen LogP contribution in [-0.4, -0.2) is 25.1 Å². The molecular weight excluding hydrogens is 264 g/mol. The molecule has 1 unspecified atom stereocenters. The SMILES string of the molecule is CCCNC1CCc2c(OCC(=O)NC(C)C)cccc21. The summed E-state index contributed by atoms with van der Waals surface area (Å²) in [6.07, 6.45) is 3.25. The van der Waals surface area contributed by atoms with Crippen LogP contribution in [-0.2, 0) is 11.2 Å². The van der Waals surface area contributed by atoms with Crippen molar-refractivity contribution in [2.24, 2.45) is 0 Å². The first-order valence-electron chi connectivity index (χ1n) is 7.89. The Balaban J connectivity index is 1.99. The number of carbonyl (C=O) groups is 1. The van der Waals surface area contributed by atoms with Crippen molar-refractivity contribution in [3.05, 3.63) is 29.3 Å². The predicted octanol–water partition coefficient (Wildman–Crippen LogP) is 2.58. The van der Waals surface area contributed by atoms with Gasteiger partial charge in [0, 0.05) is 12.1 Å². The van der Waals surface area contributed by atoms with E-state index in [0.717, 1.165) is 31.6 Å². The first-order valence-corrected chi connectivity index (χ1v) is 7.89. The van der Waals surface area contributed by atoms with Gasteiger partial charge in [0.05, 0.1) is 0 Å². The Labute approximate surface area is 127 Å². The van der Waals surface area contributed by atoms with Crippen LogP contribution in [0.5, 0.6) is 5.75 Å². The van der Waals surface area contributed by atoms with Crippen LogP contribution in [0.15, 0.2) is 18.2 Å². The highest BCUT2D eigenvalue weighted by Gasteiger charge is 2.24. The number of amides is 1. The molecule has 2 N–H and O–H groups in total. The summed E-state index contributed by atoms with van der Waals surface area (Å²) in [6.45, 7) is 7.19. The number of carbonyl (C=O) groups excluding carboxylic acids is 1. The van der Waals surface area contributed by atoms with Gasteiger partial charge >= 0.3 is 0 Å². The largest absolute Gasteiger partial charge is 0.483 e. The van der Waals surface area contributed by atoms with Gasteiger partial charge in [0.15, 0.2) is 6.61 Å². The van der Waals surface area contributed by atoms with Gasteiger partial charge in [-0.05, 0) is 56.8 Å². The summed E-state index contributed by atoms with van der Waals surface area (Å²) in [4.78, 5) is 11.7. The molecule has 2 rings (SSSR count). The van der Waals surface area contributed by atoms with E-state index in [4.69, 9.17) is 4.74 Å². The number of rotatable bonds is 7. The van der Waals surface area contributed by atoms with E-state index >= 15 is 0 Å². The Hall–Kier alpha value is -1.55. The molecule has 21 heavy (non-hydrogen) atoms. The topological polar surface area (TPSA) is 50.4 Å². The number of ether oxygens (including phenoxy) is 1. The standard InChI is InChI=1S/C17H26N2O2/c1-4-10-18-15-9-8-14-13(15)6-5-7-16(14)21-11-17(20)19-12(2)3/h5-7,12,15,18H,4,8-11H2,1-3H3,(H,19,20). The molecule has 0 spiro atoms. The Morgan fingerprint density at radius 1 is 1.43 bits per heavy atom. The van der Waals surface area contributed by atoms with E-state index in [0.29, 0.717) is 6.04 Å². The van der Waals surface area contributed by atoms with Crippen molar-refractivity contribution in [3.63, 3.8) is 0 Å². The van der Waals surface area contributed by atoms with Gasteiger partial charge in [0.1, 0.15) is 5.75 Å². The molecule has 4 nitrogen and oxygen atoms in total. The number of nitrogens with one attached hydrogen (secondary N) is 2. The van der Waals surface area contributed by atoms with E-state index in [1.165, 1.54) is 11.1 Å². The summed E-state index contributed by atoms with van der Waals surface area (Å²) in [6, 6.07) is 6.71. The summed E-state index contributed by atoms with van der Waals surface area (Å²) in [5.74, 6) is 0.786. The third kappa shape index (κ3) is 4.21. The maximum absolute atomic E-state index is 11.7. The van der Waals surface area contributed by atoms with E-state index in [1.54, 1.807) is 0 Å². The van der Waals surface area contributed by atoms with Crippen LogP contribution in [0.25, 0.3) is 0 Å². The van der Waals surface area contributed by atoms with Crippen molar-refractivity contribution in [2.75, 3.05) is 13.2 Å². The molecule has 0 saturated heterocycles. The lowest BCUT2D eigenvalue weighted by atomic mass is 10.1. The first kappa shape index (κ1) is 15.8. The summed E-state index contributed by atoms with van der Waals surface area (Å²) in [5, 5.41) is 6.41. The second-order valence-electron chi connectivity index (χ2n) is 5.88. The minimum atomic E-state index is -0.0683. The maximum atomic E-state index is 11.7. The van der Waals surface area contributed by atoms with Gasteiger partial charge in [-0.3, -0.25) is 4.79 Å². The molecule has 0 radical (unpaired) electrons. The zero-order chi connectivity index (χ0) is 15.2. The van der Waals surface area contributed by atoms with Gasteiger partial charge in [0.2, 0.25) is 0 Å². The minimum absolute atomic E-state index is 0.0683. The molecule has 0 saturated carbocycles. The molecular formula is C17H26N2O2. The summed E-state index contributed by atoms with van der Waals surface area (Å²) in [7, 11) is 0. The van der Waals surface area contributed by atoms with Gasteiger partial charge in [-0.15, -0.1) is 0 Å². The van der Waals surface area contributed by atoms with Crippen molar-refractivity contribution in [1.82, 2.24) is 10.6 Å². The highest BCUT2D eigenvalue weighted by molar-refractivity contribution is 5.77. The van der Waals surface area contributed by atoms with Crippen LogP contribution in [0.2, 0.25) is 0 Å². The molecule has 1 aromatic carbocycles. The van der Waals surface area contributed by atoms with E-state index in [-0.39, 0.29) is 18.6 Å². The lowest BCUT2D eigenvalue weighted by Gasteiger charge is -2.15. The van der Waals surface area contributed by atoms with E-state index in [9.17, 15) is 4.79 Å². The van der Waals surface area contributed by atoms with Crippen molar-refractivity contribution in [2.45, 2.75) is 52.1 Å².